The molecule has 1 fully saturated rings. The van der Waals surface area contributed by atoms with Gasteiger partial charge >= 0.3 is 0 Å². The van der Waals surface area contributed by atoms with Crippen LogP contribution >= 0.6 is 0 Å². The number of unbranched alkanes of at least 4 members (excludes halogenated alkanes) is 5. The Morgan fingerprint density at radius 1 is 1.05 bits per heavy atom. The lowest BCUT2D eigenvalue weighted by molar-refractivity contribution is 0.0933. The van der Waals surface area contributed by atoms with E-state index in [1.54, 1.807) is 0 Å². The Balaban J connectivity index is 2.09. The normalized spacial score (nSPS) is 20.8. The van der Waals surface area contributed by atoms with Gasteiger partial charge in [0.15, 0.2) is 0 Å². The standard InChI is InChI=1S/C17H35NO/c1-3-5-6-7-8-9-11-16(18-13-4-2)15-17-12-10-14-19-17/h16-18H,3-15H2,1-2H3. The first-order chi connectivity index (χ1) is 9.36. The van der Waals surface area contributed by atoms with Crippen molar-refractivity contribution in [1.29, 1.82) is 0 Å². The third kappa shape index (κ3) is 8.65. The number of rotatable bonds is 12. The number of nitrogens with one attached hydrogen (secondary N) is 1. The summed E-state index contributed by atoms with van der Waals surface area (Å²) in [5, 5.41) is 3.72. The third-order valence-corrected chi connectivity index (χ3v) is 4.16. The van der Waals surface area contributed by atoms with E-state index >= 15 is 0 Å². The van der Waals surface area contributed by atoms with Gasteiger partial charge in [0, 0.05) is 12.6 Å². The molecule has 0 aliphatic carbocycles. The second-order valence-corrected chi connectivity index (χ2v) is 6.08. The molecule has 2 atom stereocenters. The molecule has 1 rings (SSSR count). The maximum absolute atomic E-state index is 5.78. The minimum Gasteiger partial charge on any atom is -0.378 e. The summed E-state index contributed by atoms with van der Waals surface area (Å²) in [5.41, 5.74) is 0. The fourth-order valence-corrected chi connectivity index (χ4v) is 2.97. The topological polar surface area (TPSA) is 21.3 Å². The smallest absolute Gasteiger partial charge is 0.0590 e. The lowest BCUT2D eigenvalue weighted by Gasteiger charge is -2.21. The van der Waals surface area contributed by atoms with Crippen molar-refractivity contribution in [3.8, 4) is 0 Å². The Morgan fingerprint density at radius 2 is 1.84 bits per heavy atom. The fraction of sp³-hybridized carbons (Fsp3) is 1.00. The number of hydrogen-bond donors (Lipinski definition) is 1. The largest absolute Gasteiger partial charge is 0.378 e. The van der Waals surface area contributed by atoms with E-state index in [0.29, 0.717) is 12.1 Å². The molecular weight excluding hydrogens is 234 g/mol. The highest BCUT2D eigenvalue weighted by molar-refractivity contribution is 4.75. The molecule has 0 saturated carbocycles. The van der Waals surface area contributed by atoms with Crippen molar-refractivity contribution in [3.63, 3.8) is 0 Å². The van der Waals surface area contributed by atoms with Gasteiger partial charge in [0.25, 0.3) is 0 Å². The molecule has 1 saturated heterocycles. The van der Waals surface area contributed by atoms with Gasteiger partial charge in [-0.2, -0.15) is 0 Å². The van der Waals surface area contributed by atoms with Gasteiger partial charge in [0.1, 0.15) is 0 Å². The van der Waals surface area contributed by atoms with Crippen LogP contribution in [-0.4, -0.2) is 25.3 Å². The molecule has 0 spiro atoms. The average Bonchev–Trinajstić information content (AvgIpc) is 2.92. The van der Waals surface area contributed by atoms with Crippen LogP contribution in [0.25, 0.3) is 0 Å². The maximum Gasteiger partial charge on any atom is 0.0590 e. The van der Waals surface area contributed by atoms with Gasteiger partial charge in [-0.05, 0) is 38.6 Å². The summed E-state index contributed by atoms with van der Waals surface area (Å²) < 4.78 is 5.78. The number of hydrogen-bond acceptors (Lipinski definition) is 2. The predicted octanol–water partition coefficient (Wildman–Crippen LogP) is 4.67. The van der Waals surface area contributed by atoms with Gasteiger partial charge in [-0.1, -0.05) is 52.4 Å². The number of ether oxygens (including phenoxy) is 1. The van der Waals surface area contributed by atoms with Gasteiger partial charge in [-0.15, -0.1) is 0 Å². The quantitative estimate of drug-likeness (QED) is 0.520. The summed E-state index contributed by atoms with van der Waals surface area (Å²) in [4.78, 5) is 0. The van der Waals surface area contributed by atoms with Crippen LogP contribution in [0, 0.1) is 0 Å². The first-order valence-corrected chi connectivity index (χ1v) is 8.71. The Hall–Kier alpha value is -0.0800. The Labute approximate surface area is 120 Å². The van der Waals surface area contributed by atoms with Crippen LogP contribution in [0.2, 0.25) is 0 Å². The molecule has 0 aromatic carbocycles. The molecular formula is C17H35NO. The molecule has 0 bridgehead atoms. The molecule has 2 heteroatoms. The summed E-state index contributed by atoms with van der Waals surface area (Å²) in [6.07, 6.45) is 15.3. The molecule has 114 valence electrons. The molecule has 1 N–H and O–H groups in total. The third-order valence-electron chi connectivity index (χ3n) is 4.16. The van der Waals surface area contributed by atoms with E-state index in [1.807, 2.05) is 0 Å². The van der Waals surface area contributed by atoms with E-state index in [-0.39, 0.29) is 0 Å². The highest BCUT2D eigenvalue weighted by Gasteiger charge is 2.20. The van der Waals surface area contributed by atoms with Crippen molar-refractivity contribution in [3.05, 3.63) is 0 Å². The van der Waals surface area contributed by atoms with Crippen LogP contribution < -0.4 is 5.32 Å². The molecule has 0 aromatic heterocycles. The van der Waals surface area contributed by atoms with Crippen molar-refractivity contribution in [2.45, 2.75) is 96.6 Å². The summed E-state index contributed by atoms with van der Waals surface area (Å²) in [7, 11) is 0. The van der Waals surface area contributed by atoms with Crippen LogP contribution in [0.15, 0.2) is 0 Å². The first-order valence-electron chi connectivity index (χ1n) is 8.71. The maximum atomic E-state index is 5.78. The molecule has 1 aliphatic heterocycles. The minimum absolute atomic E-state index is 0.537. The lowest BCUT2D eigenvalue weighted by atomic mass is 10.00. The zero-order chi connectivity index (χ0) is 13.8. The zero-order valence-electron chi connectivity index (χ0n) is 13.3. The summed E-state index contributed by atoms with van der Waals surface area (Å²) in [6, 6.07) is 0.689. The monoisotopic (exact) mass is 269 g/mol. The van der Waals surface area contributed by atoms with Crippen molar-refractivity contribution in [2.24, 2.45) is 0 Å². The molecule has 0 amide bonds. The highest BCUT2D eigenvalue weighted by Crippen LogP contribution is 2.19. The highest BCUT2D eigenvalue weighted by atomic mass is 16.5. The van der Waals surface area contributed by atoms with E-state index in [9.17, 15) is 0 Å². The molecule has 1 heterocycles. The van der Waals surface area contributed by atoms with Gasteiger partial charge in [0.05, 0.1) is 6.10 Å². The SMILES string of the molecule is CCCCCCCCC(CC1CCCO1)NCCC. The van der Waals surface area contributed by atoms with E-state index < -0.39 is 0 Å². The predicted molar refractivity (Wildman–Crippen MR) is 83.7 cm³/mol. The second-order valence-electron chi connectivity index (χ2n) is 6.08. The van der Waals surface area contributed by atoms with Gasteiger partial charge < -0.3 is 10.1 Å². The van der Waals surface area contributed by atoms with Crippen LogP contribution in [0.3, 0.4) is 0 Å². The van der Waals surface area contributed by atoms with Crippen LogP contribution in [0.5, 0.6) is 0 Å². The molecule has 0 aromatic rings. The van der Waals surface area contributed by atoms with Gasteiger partial charge in [0.2, 0.25) is 0 Å². The Kier molecular flexibility index (Phi) is 10.5. The van der Waals surface area contributed by atoms with Crippen molar-refractivity contribution in [1.82, 2.24) is 5.32 Å². The van der Waals surface area contributed by atoms with E-state index in [2.05, 4.69) is 19.2 Å². The Bertz CT molecular complexity index is 190. The average molecular weight is 269 g/mol. The van der Waals surface area contributed by atoms with Gasteiger partial charge in [-0.3, -0.25) is 0 Å². The van der Waals surface area contributed by atoms with Gasteiger partial charge in [-0.25, -0.2) is 0 Å². The molecule has 1 aliphatic rings. The van der Waals surface area contributed by atoms with Crippen molar-refractivity contribution in [2.75, 3.05) is 13.2 Å². The second kappa shape index (κ2) is 11.7. The molecule has 0 radical (unpaired) electrons. The van der Waals surface area contributed by atoms with Crippen molar-refractivity contribution < 1.29 is 4.74 Å². The van der Waals surface area contributed by atoms with E-state index in [1.165, 1.54) is 70.6 Å². The van der Waals surface area contributed by atoms with E-state index in [0.717, 1.165) is 13.2 Å². The molecule has 2 unspecified atom stereocenters. The van der Waals surface area contributed by atoms with E-state index in [4.69, 9.17) is 4.74 Å². The summed E-state index contributed by atoms with van der Waals surface area (Å²) >= 11 is 0. The minimum atomic E-state index is 0.537. The first kappa shape index (κ1) is 17.0. The zero-order valence-corrected chi connectivity index (χ0v) is 13.3. The fourth-order valence-electron chi connectivity index (χ4n) is 2.97. The Morgan fingerprint density at radius 3 is 2.53 bits per heavy atom. The summed E-state index contributed by atoms with van der Waals surface area (Å²) in [5.74, 6) is 0. The molecule has 2 nitrogen and oxygen atoms in total. The van der Waals surface area contributed by atoms with Crippen molar-refractivity contribution >= 4 is 0 Å². The summed E-state index contributed by atoms with van der Waals surface area (Å²) in [6.45, 7) is 6.68. The van der Waals surface area contributed by atoms with Crippen LogP contribution in [0.1, 0.15) is 84.5 Å². The van der Waals surface area contributed by atoms with Crippen LogP contribution in [-0.2, 0) is 4.74 Å². The van der Waals surface area contributed by atoms with Crippen LogP contribution in [0.4, 0.5) is 0 Å². The lowest BCUT2D eigenvalue weighted by Crippen LogP contribution is -2.33. The molecule has 19 heavy (non-hydrogen) atoms.